The monoisotopic (exact) mass is 218 g/mol. The van der Waals surface area contributed by atoms with E-state index in [4.69, 9.17) is 21.7 Å². The Bertz CT molecular complexity index is 283. The van der Waals surface area contributed by atoms with E-state index in [0.717, 1.165) is 0 Å². The summed E-state index contributed by atoms with van der Waals surface area (Å²) in [6.07, 6.45) is 0. The number of carboxylic acids is 2. The first-order valence-corrected chi connectivity index (χ1v) is 4.69. The number of nitrogens with one attached hydrogen (secondary N) is 1. The maximum atomic E-state index is 10.9. The topological polar surface area (TPSA) is 131 Å². The number of hydrogen-bond acceptors (Lipinski definition) is 4. The predicted molar refractivity (Wildman–Crippen MR) is 50.3 cm³/mol. The maximum Gasteiger partial charge on any atom is 0.373 e. The molecule has 0 amide bonds. The Morgan fingerprint density at radius 3 is 2.27 bits per heavy atom. The Morgan fingerprint density at radius 1 is 1.40 bits per heavy atom. The fraction of sp³-hybridized carbons (Fsp3) is 0.750. The minimum atomic E-state index is -0.992. The minimum absolute atomic E-state index is 0.0130. The SMILES string of the molecule is NCC(C[NH+]1CC1(CN)C(=O)O)C(=O)O. The van der Waals surface area contributed by atoms with Crippen molar-refractivity contribution < 1.29 is 24.7 Å². The molecule has 1 rings (SSSR count). The Balaban J connectivity index is 2.56. The summed E-state index contributed by atoms with van der Waals surface area (Å²) < 4.78 is 0. The van der Waals surface area contributed by atoms with Gasteiger partial charge >= 0.3 is 11.9 Å². The average Bonchev–Trinajstić information content (AvgIpc) is 2.88. The van der Waals surface area contributed by atoms with E-state index in [2.05, 4.69) is 0 Å². The first-order valence-electron chi connectivity index (χ1n) is 4.69. The number of aliphatic carboxylic acids is 2. The molecule has 7 N–H and O–H groups in total. The molecule has 1 aliphatic rings. The van der Waals surface area contributed by atoms with Gasteiger partial charge in [-0.05, 0) is 0 Å². The van der Waals surface area contributed by atoms with Crippen LogP contribution in [0, 0.1) is 5.92 Å². The molecular formula is C8H16N3O4+. The smallest absolute Gasteiger partial charge is 0.373 e. The Morgan fingerprint density at radius 2 is 2.00 bits per heavy atom. The number of hydrogen-bond donors (Lipinski definition) is 5. The first-order chi connectivity index (χ1) is 6.97. The fourth-order valence-corrected chi connectivity index (χ4v) is 1.69. The summed E-state index contributed by atoms with van der Waals surface area (Å²) in [5.74, 6) is -2.66. The van der Waals surface area contributed by atoms with Crippen molar-refractivity contribution in [3.05, 3.63) is 0 Å². The molecule has 7 nitrogen and oxygen atoms in total. The second-order valence-corrected chi connectivity index (χ2v) is 3.85. The van der Waals surface area contributed by atoms with Crippen molar-refractivity contribution >= 4 is 11.9 Å². The lowest BCUT2D eigenvalue weighted by atomic mass is 10.1. The summed E-state index contributed by atoms with van der Waals surface area (Å²) in [6, 6.07) is 0. The lowest BCUT2D eigenvalue weighted by Crippen LogP contribution is -3.00. The van der Waals surface area contributed by atoms with Crippen LogP contribution in [0.15, 0.2) is 0 Å². The molecular weight excluding hydrogens is 202 g/mol. The quantitative estimate of drug-likeness (QED) is 0.292. The lowest BCUT2D eigenvalue weighted by Gasteiger charge is -2.10. The van der Waals surface area contributed by atoms with Crippen molar-refractivity contribution in [3.63, 3.8) is 0 Å². The van der Waals surface area contributed by atoms with Crippen LogP contribution in [-0.2, 0) is 9.59 Å². The summed E-state index contributed by atoms with van der Waals surface area (Å²) in [6.45, 7) is 0.631. The molecule has 3 atom stereocenters. The van der Waals surface area contributed by atoms with Gasteiger partial charge in [0, 0.05) is 6.54 Å². The van der Waals surface area contributed by atoms with Crippen LogP contribution in [0.1, 0.15) is 0 Å². The van der Waals surface area contributed by atoms with Crippen molar-refractivity contribution in [1.29, 1.82) is 0 Å². The number of quaternary nitrogens is 1. The van der Waals surface area contributed by atoms with Gasteiger partial charge in [0.2, 0.25) is 0 Å². The van der Waals surface area contributed by atoms with Crippen LogP contribution in [0.4, 0.5) is 0 Å². The van der Waals surface area contributed by atoms with Gasteiger partial charge in [0.25, 0.3) is 5.54 Å². The van der Waals surface area contributed by atoms with Crippen LogP contribution in [0.2, 0.25) is 0 Å². The van der Waals surface area contributed by atoms with E-state index in [0.29, 0.717) is 11.4 Å². The second kappa shape index (κ2) is 4.13. The van der Waals surface area contributed by atoms with Crippen LogP contribution in [0.3, 0.4) is 0 Å². The van der Waals surface area contributed by atoms with E-state index in [1.807, 2.05) is 0 Å². The third-order valence-corrected chi connectivity index (χ3v) is 2.95. The maximum absolute atomic E-state index is 10.9. The normalized spacial score (nSPS) is 30.9. The van der Waals surface area contributed by atoms with Gasteiger partial charge in [-0.15, -0.1) is 0 Å². The molecule has 0 aromatic rings. The van der Waals surface area contributed by atoms with E-state index >= 15 is 0 Å². The zero-order valence-corrected chi connectivity index (χ0v) is 8.27. The van der Waals surface area contributed by atoms with E-state index in [1.165, 1.54) is 0 Å². The molecule has 86 valence electrons. The minimum Gasteiger partial charge on any atom is -0.481 e. The summed E-state index contributed by atoms with van der Waals surface area (Å²) in [4.78, 5) is 22.3. The molecule has 15 heavy (non-hydrogen) atoms. The van der Waals surface area contributed by atoms with E-state index in [9.17, 15) is 9.59 Å². The van der Waals surface area contributed by atoms with E-state index in [1.54, 1.807) is 0 Å². The van der Waals surface area contributed by atoms with Gasteiger partial charge in [0.1, 0.15) is 12.5 Å². The van der Waals surface area contributed by atoms with Gasteiger partial charge in [0.05, 0.1) is 13.1 Å². The number of carboxylic acid groups (broad SMARTS) is 2. The highest BCUT2D eigenvalue weighted by Crippen LogP contribution is 2.08. The van der Waals surface area contributed by atoms with Crippen LogP contribution >= 0.6 is 0 Å². The third-order valence-electron chi connectivity index (χ3n) is 2.95. The zero-order chi connectivity index (χ0) is 11.6. The molecule has 0 saturated carbocycles. The van der Waals surface area contributed by atoms with Gasteiger partial charge in [-0.3, -0.25) is 4.79 Å². The Kier molecular flexibility index (Phi) is 3.28. The number of carbonyl (C=O) groups is 2. The van der Waals surface area contributed by atoms with Crippen LogP contribution < -0.4 is 16.4 Å². The first kappa shape index (κ1) is 11.9. The molecule has 0 aliphatic carbocycles. The predicted octanol–water partition coefficient (Wildman–Crippen LogP) is -3.67. The number of rotatable bonds is 6. The molecule has 3 unspecified atom stereocenters. The van der Waals surface area contributed by atoms with Crippen LogP contribution in [-0.4, -0.2) is 53.9 Å². The standard InChI is InChI=1S/C8H15N3O4/c9-1-5(6(12)13)2-11-4-8(11,3-10)7(14)15/h5H,1-4,9-10H2,(H,12,13)(H,14,15)/p+1. The van der Waals surface area contributed by atoms with Crippen LogP contribution in [0.25, 0.3) is 0 Å². The lowest BCUT2D eigenvalue weighted by molar-refractivity contribution is -0.788. The highest BCUT2D eigenvalue weighted by molar-refractivity contribution is 5.79. The third kappa shape index (κ3) is 2.09. The summed E-state index contributed by atoms with van der Waals surface area (Å²) >= 11 is 0. The fourth-order valence-electron chi connectivity index (χ4n) is 1.69. The molecule has 0 aromatic carbocycles. The molecule has 0 radical (unpaired) electrons. The molecule has 7 heteroatoms. The van der Waals surface area contributed by atoms with Gasteiger partial charge in [-0.1, -0.05) is 0 Å². The van der Waals surface area contributed by atoms with Gasteiger partial charge in [0.15, 0.2) is 0 Å². The molecule has 0 aromatic heterocycles. The van der Waals surface area contributed by atoms with Crippen molar-refractivity contribution in [1.82, 2.24) is 0 Å². The molecule has 1 fully saturated rings. The van der Waals surface area contributed by atoms with Gasteiger partial charge < -0.3 is 26.6 Å². The Labute approximate surface area is 86.6 Å². The molecule has 1 saturated heterocycles. The second-order valence-electron chi connectivity index (χ2n) is 3.85. The van der Waals surface area contributed by atoms with Crippen molar-refractivity contribution in [2.45, 2.75) is 5.54 Å². The van der Waals surface area contributed by atoms with Gasteiger partial charge in [-0.2, -0.15) is 0 Å². The summed E-state index contributed by atoms with van der Waals surface area (Å²) in [7, 11) is 0. The van der Waals surface area contributed by atoms with Crippen molar-refractivity contribution in [2.24, 2.45) is 17.4 Å². The van der Waals surface area contributed by atoms with E-state index in [-0.39, 0.29) is 19.6 Å². The van der Waals surface area contributed by atoms with Crippen molar-refractivity contribution in [3.8, 4) is 0 Å². The summed E-state index contributed by atoms with van der Waals surface area (Å²) in [5.41, 5.74) is 9.67. The van der Waals surface area contributed by atoms with E-state index < -0.39 is 23.4 Å². The van der Waals surface area contributed by atoms with Crippen LogP contribution in [0.5, 0.6) is 0 Å². The highest BCUT2D eigenvalue weighted by Gasteiger charge is 2.64. The zero-order valence-electron chi connectivity index (χ0n) is 8.27. The molecule has 0 spiro atoms. The summed E-state index contributed by atoms with van der Waals surface area (Å²) in [5, 5.41) is 17.7. The Hall–Kier alpha value is -1.18. The number of nitrogens with two attached hydrogens (primary N) is 2. The molecule has 1 heterocycles. The highest BCUT2D eigenvalue weighted by atomic mass is 16.4. The molecule has 0 bridgehead atoms. The largest absolute Gasteiger partial charge is 0.481 e. The average molecular weight is 218 g/mol. The van der Waals surface area contributed by atoms with Gasteiger partial charge in [-0.25, -0.2) is 4.79 Å². The van der Waals surface area contributed by atoms with Crippen molar-refractivity contribution in [2.75, 3.05) is 26.2 Å². The molecule has 1 aliphatic heterocycles.